The van der Waals surface area contributed by atoms with Gasteiger partial charge in [-0.15, -0.1) is 10.2 Å². The third-order valence-electron chi connectivity index (χ3n) is 4.99. The van der Waals surface area contributed by atoms with Gasteiger partial charge in [0, 0.05) is 12.0 Å². The van der Waals surface area contributed by atoms with E-state index in [2.05, 4.69) is 10.2 Å². The number of rotatable bonds is 6. The minimum absolute atomic E-state index is 0.0298. The van der Waals surface area contributed by atoms with E-state index in [0.717, 1.165) is 11.1 Å². The van der Waals surface area contributed by atoms with Gasteiger partial charge in [0.05, 0.1) is 16.8 Å². The number of thioether (sulfide) groups is 1. The molecular formula is C19H24N2O4S2. The van der Waals surface area contributed by atoms with Crippen molar-refractivity contribution in [1.82, 2.24) is 10.2 Å². The van der Waals surface area contributed by atoms with Gasteiger partial charge in [0.15, 0.2) is 15.6 Å². The highest BCUT2D eigenvalue weighted by atomic mass is 32.2. The lowest BCUT2D eigenvalue weighted by atomic mass is 9.97. The van der Waals surface area contributed by atoms with Crippen molar-refractivity contribution in [2.24, 2.45) is 5.92 Å². The number of hydrogen-bond donors (Lipinski definition) is 0. The van der Waals surface area contributed by atoms with Crippen LogP contribution < -0.4 is 0 Å². The van der Waals surface area contributed by atoms with E-state index >= 15 is 0 Å². The fourth-order valence-corrected chi connectivity index (χ4v) is 5.93. The molecule has 0 spiro atoms. The number of ketones is 1. The monoisotopic (exact) mass is 408 g/mol. The molecule has 2 heterocycles. The van der Waals surface area contributed by atoms with E-state index in [1.54, 1.807) is 0 Å². The smallest absolute Gasteiger partial charge is 0.277 e. The molecule has 0 saturated carbocycles. The van der Waals surface area contributed by atoms with Gasteiger partial charge in [-0.1, -0.05) is 17.8 Å². The fraction of sp³-hybridized carbons (Fsp3) is 0.526. The Bertz CT molecular complexity index is 966. The molecule has 2 atom stereocenters. The normalized spacial score (nSPS) is 19.9. The van der Waals surface area contributed by atoms with E-state index in [1.807, 2.05) is 39.8 Å². The Balaban J connectivity index is 1.65. The molecule has 8 heteroatoms. The number of aromatic nitrogens is 2. The van der Waals surface area contributed by atoms with E-state index in [-0.39, 0.29) is 28.5 Å². The quantitative estimate of drug-likeness (QED) is 0.535. The van der Waals surface area contributed by atoms with Gasteiger partial charge in [-0.3, -0.25) is 4.79 Å². The van der Waals surface area contributed by atoms with Gasteiger partial charge in [-0.25, -0.2) is 8.42 Å². The number of Topliss-reactive ketones (excluding diaryl/α,β-unsaturated/α-hetero) is 1. The molecule has 3 rings (SSSR count). The van der Waals surface area contributed by atoms with Gasteiger partial charge in [-0.2, -0.15) is 0 Å². The number of sulfone groups is 1. The maximum absolute atomic E-state index is 12.8. The van der Waals surface area contributed by atoms with Crippen LogP contribution in [0.2, 0.25) is 0 Å². The number of carbonyl (C=O) groups is 1. The lowest BCUT2D eigenvalue weighted by Gasteiger charge is -2.12. The van der Waals surface area contributed by atoms with Crippen LogP contribution in [0.3, 0.4) is 0 Å². The average molecular weight is 409 g/mol. The van der Waals surface area contributed by atoms with Gasteiger partial charge >= 0.3 is 0 Å². The largest absolute Gasteiger partial charge is 0.416 e. The zero-order valence-electron chi connectivity index (χ0n) is 16.0. The second kappa shape index (κ2) is 7.75. The summed E-state index contributed by atoms with van der Waals surface area (Å²) < 4.78 is 28.7. The van der Waals surface area contributed by atoms with Crippen LogP contribution in [-0.2, 0) is 16.3 Å². The molecule has 2 unspecified atom stereocenters. The molecule has 1 aliphatic heterocycles. The first-order valence-corrected chi connectivity index (χ1v) is 11.7. The van der Waals surface area contributed by atoms with Gasteiger partial charge in [0.1, 0.15) is 0 Å². The van der Waals surface area contributed by atoms with Crippen molar-refractivity contribution < 1.29 is 17.6 Å². The second-order valence-corrected chi connectivity index (χ2v) is 10.8. The summed E-state index contributed by atoms with van der Waals surface area (Å²) in [4.78, 5) is 12.8. The topological polar surface area (TPSA) is 90.1 Å². The maximum Gasteiger partial charge on any atom is 0.277 e. The van der Waals surface area contributed by atoms with Crippen LogP contribution >= 0.6 is 11.8 Å². The highest BCUT2D eigenvalue weighted by Gasteiger charge is 2.29. The molecule has 6 nitrogen and oxygen atoms in total. The van der Waals surface area contributed by atoms with E-state index in [0.29, 0.717) is 29.5 Å². The minimum Gasteiger partial charge on any atom is -0.416 e. The first kappa shape index (κ1) is 20.1. The lowest BCUT2D eigenvalue weighted by molar-refractivity contribution is 0.0993. The Kier molecular flexibility index (Phi) is 5.76. The molecule has 1 fully saturated rings. The van der Waals surface area contributed by atoms with Crippen LogP contribution in [-0.4, -0.2) is 41.2 Å². The van der Waals surface area contributed by atoms with E-state index in [4.69, 9.17) is 4.42 Å². The summed E-state index contributed by atoms with van der Waals surface area (Å²) in [5, 5.41) is 8.01. The summed E-state index contributed by atoms with van der Waals surface area (Å²) in [6.45, 7) is 7.80. The van der Waals surface area contributed by atoms with Crippen molar-refractivity contribution in [3.05, 3.63) is 40.3 Å². The molecule has 1 aliphatic rings. The predicted octanol–water partition coefficient (Wildman–Crippen LogP) is 3.34. The molecule has 1 aromatic heterocycles. The first-order chi connectivity index (χ1) is 12.6. The molecule has 1 aromatic carbocycles. The van der Waals surface area contributed by atoms with Crippen LogP contribution in [0.25, 0.3) is 0 Å². The van der Waals surface area contributed by atoms with Gasteiger partial charge in [0.25, 0.3) is 5.22 Å². The number of carbonyl (C=O) groups excluding carboxylic acids is 1. The van der Waals surface area contributed by atoms with Crippen LogP contribution in [0.5, 0.6) is 0 Å². The molecule has 0 N–H and O–H groups in total. The molecule has 0 amide bonds. The first-order valence-electron chi connectivity index (χ1n) is 8.96. The van der Waals surface area contributed by atoms with Crippen molar-refractivity contribution in [1.29, 1.82) is 0 Å². The third kappa shape index (κ3) is 4.79. The number of hydrogen-bond acceptors (Lipinski definition) is 7. The van der Waals surface area contributed by atoms with Crippen molar-refractivity contribution in [2.75, 3.05) is 11.5 Å². The number of aryl methyl sites for hydroxylation is 3. The summed E-state index contributed by atoms with van der Waals surface area (Å²) in [5.41, 5.74) is 3.94. The van der Waals surface area contributed by atoms with Crippen molar-refractivity contribution in [2.45, 2.75) is 51.0 Å². The van der Waals surface area contributed by atoms with Crippen molar-refractivity contribution >= 4 is 27.4 Å². The number of nitrogens with zero attached hydrogens (tertiary/aromatic N) is 2. The van der Waals surface area contributed by atoms with Crippen LogP contribution in [0, 0.1) is 26.7 Å². The Morgan fingerprint density at radius 1 is 1.22 bits per heavy atom. The Morgan fingerprint density at radius 2 is 1.93 bits per heavy atom. The molecule has 146 valence electrons. The molecule has 2 aromatic rings. The standard InChI is InChI=1S/C19H24N2O4S2/c1-11-7-13(3)16(8-12(11)2)18(22)14(4)26-19-21-20-17(25-19)9-15-5-6-27(23,24)10-15/h7-8,14-15H,5-6,9-10H2,1-4H3. The number of benzene rings is 1. The van der Waals surface area contributed by atoms with E-state index < -0.39 is 9.84 Å². The summed E-state index contributed by atoms with van der Waals surface area (Å²) in [5.74, 6) is 0.905. The van der Waals surface area contributed by atoms with Crippen molar-refractivity contribution in [3.63, 3.8) is 0 Å². The van der Waals surface area contributed by atoms with Gasteiger partial charge < -0.3 is 4.42 Å². The zero-order valence-corrected chi connectivity index (χ0v) is 17.6. The highest BCUT2D eigenvalue weighted by Crippen LogP contribution is 2.28. The lowest BCUT2D eigenvalue weighted by Crippen LogP contribution is -2.15. The Hall–Kier alpha value is -1.67. The predicted molar refractivity (Wildman–Crippen MR) is 105 cm³/mol. The molecule has 0 bridgehead atoms. The summed E-state index contributed by atoms with van der Waals surface area (Å²) >= 11 is 1.24. The van der Waals surface area contributed by atoms with Crippen molar-refractivity contribution in [3.8, 4) is 0 Å². The molecule has 1 saturated heterocycles. The fourth-order valence-electron chi connectivity index (χ4n) is 3.30. The third-order valence-corrected chi connectivity index (χ3v) is 7.76. The molecule has 0 aliphatic carbocycles. The minimum atomic E-state index is -2.92. The SMILES string of the molecule is Cc1cc(C)c(C(=O)C(C)Sc2nnc(CC3CCS(=O)(=O)C3)o2)cc1C. The summed E-state index contributed by atoms with van der Waals surface area (Å²) in [6, 6.07) is 3.96. The van der Waals surface area contributed by atoms with Crippen LogP contribution in [0.1, 0.15) is 46.3 Å². The van der Waals surface area contributed by atoms with E-state index in [1.165, 1.54) is 17.3 Å². The average Bonchev–Trinajstić information content (AvgIpc) is 3.16. The molecule has 0 radical (unpaired) electrons. The van der Waals surface area contributed by atoms with Crippen LogP contribution in [0.15, 0.2) is 21.8 Å². The van der Waals surface area contributed by atoms with Gasteiger partial charge in [-0.05, 0) is 62.8 Å². The van der Waals surface area contributed by atoms with E-state index in [9.17, 15) is 13.2 Å². The highest BCUT2D eigenvalue weighted by molar-refractivity contribution is 8.00. The second-order valence-electron chi connectivity index (χ2n) is 7.31. The zero-order chi connectivity index (χ0) is 19.8. The molecule has 27 heavy (non-hydrogen) atoms. The van der Waals surface area contributed by atoms with Gasteiger partial charge in [0.2, 0.25) is 5.89 Å². The Morgan fingerprint density at radius 3 is 2.59 bits per heavy atom. The van der Waals surface area contributed by atoms with Crippen LogP contribution in [0.4, 0.5) is 0 Å². The summed E-state index contributed by atoms with van der Waals surface area (Å²) in [6.07, 6.45) is 1.10. The Labute approximate surface area is 164 Å². The summed E-state index contributed by atoms with van der Waals surface area (Å²) in [7, 11) is -2.92. The maximum atomic E-state index is 12.8. The molecular weight excluding hydrogens is 384 g/mol.